The van der Waals surface area contributed by atoms with E-state index in [1.165, 1.54) is 43.6 Å². The highest BCUT2D eigenvalue weighted by molar-refractivity contribution is 7.01. The molecule has 6 heteroatoms. The molecule has 3 aliphatic rings. The highest BCUT2D eigenvalue weighted by Gasteiger charge is 2.36. The van der Waals surface area contributed by atoms with E-state index in [1.54, 1.807) is 0 Å². The molecule has 3 aliphatic heterocycles. The first-order valence-corrected chi connectivity index (χ1v) is 15.6. The average molecular weight is 463 g/mol. The summed E-state index contributed by atoms with van der Waals surface area (Å²) in [6.45, 7) is 10.6. The van der Waals surface area contributed by atoms with E-state index in [2.05, 4.69) is 53.9 Å². The molecule has 0 unspecified atom stereocenters. The van der Waals surface area contributed by atoms with Crippen molar-refractivity contribution in [1.29, 1.82) is 0 Å². The largest absolute Gasteiger partial charge is 0.466 e. The normalized spacial score (nSPS) is 17.2. The van der Waals surface area contributed by atoms with Crippen LogP contribution in [0.5, 0.6) is 0 Å². The van der Waals surface area contributed by atoms with Crippen LogP contribution in [0, 0.1) is 0 Å². The minimum atomic E-state index is -1.84. The zero-order chi connectivity index (χ0) is 23.2. The Morgan fingerprint density at radius 3 is 2.76 bits per heavy atom. The molecule has 0 saturated heterocycles. The second kappa shape index (κ2) is 8.71. The van der Waals surface area contributed by atoms with E-state index >= 15 is 0 Å². The Morgan fingerprint density at radius 2 is 1.94 bits per heavy atom. The van der Waals surface area contributed by atoms with Crippen LogP contribution in [-0.4, -0.2) is 47.3 Å². The monoisotopic (exact) mass is 462 g/mol. The molecule has 5 nitrogen and oxygen atoms in total. The number of unbranched alkanes of at least 4 members (excludes halogenated alkanes) is 2. The van der Waals surface area contributed by atoms with E-state index in [9.17, 15) is 4.79 Å². The number of hydrogen-bond donors (Lipinski definition) is 0. The van der Waals surface area contributed by atoms with E-state index in [0.717, 1.165) is 51.7 Å². The van der Waals surface area contributed by atoms with Crippen molar-refractivity contribution in [2.45, 2.75) is 58.5 Å². The predicted octanol–water partition coefficient (Wildman–Crippen LogP) is 1.94. The van der Waals surface area contributed by atoms with Crippen molar-refractivity contribution in [2.24, 2.45) is 4.99 Å². The van der Waals surface area contributed by atoms with Crippen molar-refractivity contribution in [3.63, 3.8) is 0 Å². The average Bonchev–Trinajstić information content (AvgIpc) is 3.34. The summed E-state index contributed by atoms with van der Waals surface area (Å²) in [6, 6.07) is 9.67. The maximum Gasteiger partial charge on any atom is 0.305 e. The fourth-order valence-electron chi connectivity index (χ4n) is 5.75. The van der Waals surface area contributed by atoms with Gasteiger partial charge in [-0.2, -0.15) is 0 Å². The van der Waals surface area contributed by atoms with Crippen LogP contribution in [0.2, 0.25) is 13.1 Å². The lowest BCUT2D eigenvalue weighted by atomic mass is 10.1. The summed E-state index contributed by atoms with van der Waals surface area (Å²) < 4.78 is 7.43. The molecule has 0 amide bonds. The van der Waals surface area contributed by atoms with Crippen molar-refractivity contribution < 1.29 is 9.53 Å². The molecule has 33 heavy (non-hydrogen) atoms. The van der Waals surface area contributed by atoms with Gasteiger partial charge in [-0.05, 0) is 60.3 Å². The summed E-state index contributed by atoms with van der Waals surface area (Å²) in [6.07, 6.45) is 5.86. The molecular weight excluding hydrogens is 426 g/mol. The molecule has 0 aliphatic carbocycles. The van der Waals surface area contributed by atoms with Crippen LogP contribution in [0.4, 0.5) is 11.4 Å². The second-order valence-electron chi connectivity index (χ2n) is 10.3. The van der Waals surface area contributed by atoms with Crippen molar-refractivity contribution in [3.05, 3.63) is 46.1 Å². The quantitative estimate of drug-likeness (QED) is 0.273. The maximum atomic E-state index is 11.6. The third-order valence-corrected chi connectivity index (χ3v) is 11.2. The van der Waals surface area contributed by atoms with Gasteiger partial charge in [-0.25, -0.2) is 9.57 Å². The van der Waals surface area contributed by atoms with Crippen LogP contribution in [0.1, 0.15) is 43.7 Å². The van der Waals surface area contributed by atoms with Crippen molar-refractivity contribution in [1.82, 2.24) is 4.58 Å². The van der Waals surface area contributed by atoms with Gasteiger partial charge in [0, 0.05) is 43.2 Å². The van der Waals surface area contributed by atoms with E-state index < -0.39 is 8.07 Å². The van der Waals surface area contributed by atoms with Crippen LogP contribution in [0.25, 0.3) is 0 Å². The van der Waals surface area contributed by atoms with Crippen LogP contribution in [-0.2, 0) is 22.4 Å². The number of benzene rings is 2. The minimum Gasteiger partial charge on any atom is -0.466 e. The van der Waals surface area contributed by atoms with Gasteiger partial charge in [-0.1, -0.05) is 19.5 Å². The number of fused-ring (bicyclic) bond motifs is 4. The third-order valence-electron chi connectivity index (χ3n) is 7.72. The Bertz CT molecular complexity index is 1230. The smallest absolute Gasteiger partial charge is 0.305 e. The molecule has 0 saturated carbocycles. The van der Waals surface area contributed by atoms with Gasteiger partial charge >= 0.3 is 5.97 Å². The zero-order valence-electron chi connectivity index (χ0n) is 20.5. The fraction of sp³-hybridized carbons (Fsp3) is 0.519. The summed E-state index contributed by atoms with van der Waals surface area (Å²) in [5, 5.41) is 5.57. The highest BCUT2D eigenvalue weighted by atomic mass is 28.3. The Kier molecular flexibility index (Phi) is 5.89. The number of anilines is 1. The van der Waals surface area contributed by atoms with E-state index in [0.29, 0.717) is 13.0 Å². The Morgan fingerprint density at radius 1 is 1.09 bits per heavy atom. The van der Waals surface area contributed by atoms with Gasteiger partial charge in [0.1, 0.15) is 21.7 Å². The van der Waals surface area contributed by atoms with Crippen molar-refractivity contribution in [2.75, 3.05) is 38.2 Å². The topological polar surface area (TPSA) is 44.9 Å². The van der Waals surface area contributed by atoms with Crippen molar-refractivity contribution >= 4 is 35.8 Å². The van der Waals surface area contributed by atoms with E-state index in [-0.39, 0.29) is 5.97 Å². The molecule has 5 rings (SSSR count). The van der Waals surface area contributed by atoms with Crippen LogP contribution >= 0.6 is 0 Å². The van der Waals surface area contributed by atoms with Crippen LogP contribution in [0.15, 0.2) is 29.3 Å². The molecule has 0 spiro atoms. The SMILES string of the molecule is CCOC(=O)CCCCCN1CCc2cc3c(cc21)[Si](C)(C)c1cc2c(cc1=N3)CC[N+]=2C. The molecule has 2 aromatic rings. The number of hydrogen-bond acceptors (Lipinski definition) is 4. The summed E-state index contributed by atoms with van der Waals surface area (Å²) in [5.74, 6) is -0.0660. The maximum absolute atomic E-state index is 11.6. The van der Waals surface area contributed by atoms with E-state index in [1.807, 2.05) is 6.92 Å². The Hall–Kier alpha value is -2.47. The molecule has 0 aromatic heterocycles. The summed E-state index contributed by atoms with van der Waals surface area (Å²) in [4.78, 5) is 19.3. The lowest BCUT2D eigenvalue weighted by molar-refractivity contribution is -0.143. The number of carbonyl (C=O) groups excluding carboxylic acids is 1. The first-order chi connectivity index (χ1) is 15.9. The molecule has 3 heterocycles. The van der Waals surface area contributed by atoms with E-state index in [4.69, 9.17) is 9.73 Å². The lowest BCUT2D eigenvalue weighted by Crippen LogP contribution is -2.62. The molecule has 0 bridgehead atoms. The molecule has 2 aromatic carbocycles. The minimum absolute atomic E-state index is 0.0660. The predicted molar refractivity (Wildman–Crippen MR) is 137 cm³/mol. The molecule has 0 fully saturated rings. The zero-order valence-corrected chi connectivity index (χ0v) is 21.5. The number of likely N-dealkylation sites (N-methyl/N-ethyl adjacent to an activating group) is 1. The van der Waals surface area contributed by atoms with Gasteiger partial charge in [-0.3, -0.25) is 4.79 Å². The first kappa shape index (κ1) is 22.3. The third kappa shape index (κ3) is 4.03. The van der Waals surface area contributed by atoms with Crippen LogP contribution < -0.4 is 30.6 Å². The summed E-state index contributed by atoms with van der Waals surface area (Å²) in [5.41, 5.74) is 5.51. The Labute approximate surface area is 197 Å². The van der Waals surface area contributed by atoms with Gasteiger partial charge in [0.25, 0.3) is 0 Å². The number of ether oxygens (including phenoxy) is 1. The summed E-state index contributed by atoms with van der Waals surface area (Å²) >= 11 is 0. The highest BCUT2D eigenvalue weighted by Crippen LogP contribution is 2.32. The lowest BCUT2D eigenvalue weighted by Gasteiger charge is -2.30. The molecular formula is C27H36N3O2Si+. The number of rotatable bonds is 7. The van der Waals surface area contributed by atoms with Gasteiger partial charge in [-0.15, -0.1) is 0 Å². The standard InChI is InChI=1S/C27H36N3O2Si/c1-5-32-27(31)9-7-6-8-12-30-14-11-20-16-22-26(18-24(20)30)33(3,4)25-17-23-19(10-13-29(23)2)15-21(25)28-22/h15-18H,5-14H2,1-4H3/q+1. The van der Waals surface area contributed by atoms with Gasteiger partial charge in [0.05, 0.1) is 17.7 Å². The number of carbonyl (C=O) groups is 1. The number of esters is 1. The van der Waals surface area contributed by atoms with Crippen LogP contribution in [0.3, 0.4) is 0 Å². The molecule has 0 atom stereocenters. The number of nitrogens with zero attached hydrogens (tertiary/aromatic N) is 3. The molecule has 174 valence electrons. The second-order valence-corrected chi connectivity index (χ2v) is 14.6. The molecule has 0 N–H and O–H groups in total. The van der Waals surface area contributed by atoms with Crippen molar-refractivity contribution in [3.8, 4) is 0 Å². The Balaban J connectivity index is 1.37. The van der Waals surface area contributed by atoms with Gasteiger partial charge in [0.2, 0.25) is 5.36 Å². The van der Waals surface area contributed by atoms with Gasteiger partial charge in [0.15, 0.2) is 0 Å². The molecule has 0 radical (unpaired) electrons. The van der Waals surface area contributed by atoms with Gasteiger partial charge < -0.3 is 9.64 Å². The fourth-order valence-corrected chi connectivity index (χ4v) is 8.57. The first-order valence-electron chi connectivity index (χ1n) is 12.6. The summed E-state index contributed by atoms with van der Waals surface area (Å²) in [7, 11) is 0.367.